The molecule has 2 aliphatic rings. The first-order chi connectivity index (χ1) is 14.2. The summed E-state index contributed by atoms with van der Waals surface area (Å²) < 4.78 is 0. The van der Waals surface area contributed by atoms with Crippen LogP contribution in [0.15, 0.2) is 30.5 Å². The number of para-hydroxylation sites is 1. The van der Waals surface area contributed by atoms with Crippen molar-refractivity contribution in [3.8, 4) is 0 Å². The number of fused-ring (bicyclic) bond motifs is 1. The molecule has 5 nitrogen and oxygen atoms in total. The second-order valence-corrected chi connectivity index (χ2v) is 8.65. The highest BCUT2D eigenvalue weighted by Gasteiger charge is 2.29. The number of likely N-dealkylation sites (tertiary alicyclic amines) is 1. The van der Waals surface area contributed by atoms with Crippen molar-refractivity contribution in [3.05, 3.63) is 36.0 Å². The predicted octanol–water partition coefficient (Wildman–Crippen LogP) is 3.93. The molecule has 156 valence electrons. The van der Waals surface area contributed by atoms with Gasteiger partial charge < -0.3 is 14.8 Å². The summed E-state index contributed by atoms with van der Waals surface area (Å²) in [6.07, 6.45) is 11.2. The number of carbonyl (C=O) groups excluding carboxylic acids is 2. The summed E-state index contributed by atoms with van der Waals surface area (Å²) in [5, 5.41) is 1.03. The number of carbonyl (C=O) groups is 2. The van der Waals surface area contributed by atoms with Crippen LogP contribution in [-0.4, -0.2) is 58.7 Å². The van der Waals surface area contributed by atoms with Crippen LogP contribution >= 0.6 is 0 Å². The molecular formula is C24H33N3O2. The van der Waals surface area contributed by atoms with E-state index in [2.05, 4.69) is 9.88 Å². The first-order valence-corrected chi connectivity index (χ1v) is 11.3. The minimum Gasteiger partial charge on any atom is -0.361 e. The Hall–Kier alpha value is -2.14. The maximum Gasteiger partial charge on any atom is 0.290 e. The number of nitrogens with zero attached hydrogens (tertiary/aromatic N) is 2. The van der Waals surface area contributed by atoms with Gasteiger partial charge in [0.15, 0.2) is 0 Å². The molecule has 0 unspecified atom stereocenters. The van der Waals surface area contributed by atoms with Crippen molar-refractivity contribution in [2.45, 2.75) is 63.8 Å². The Morgan fingerprint density at radius 3 is 2.59 bits per heavy atom. The molecule has 1 aliphatic heterocycles. The molecule has 1 saturated carbocycles. The Labute approximate surface area is 173 Å². The van der Waals surface area contributed by atoms with Crippen molar-refractivity contribution in [1.29, 1.82) is 0 Å². The number of nitrogens with one attached hydrogen (secondary N) is 1. The molecule has 1 aliphatic carbocycles. The number of rotatable bonds is 8. The van der Waals surface area contributed by atoms with Gasteiger partial charge in [-0.3, -0.25) is 9.59 Å². The molecule has 0 atom stereocenters. The second kappa shape index (κ2) is 9.57. The molecule has 5 heteroatoms. The number of hydrogen-bond donors (Lipinski definition) is 1. The molecule has 0 bridgehead atoms. The molecule has 2 aromatic rings. The van der Waals surface area contributed by atoms with Gasteiger partial charge >= 0.3 is 0 Å². The summed E-state index contributed by atoms with van der Waals surface area (Å²) in [7, 11) is 0. The Morgan fingerprint density at radius 1 is 1.03 bits per heavy atom. The number of aromatic amines is 1. The average molecular weight is 396 g/mol. The number of Topliss-reactive ketones (excluding diaryl/α,β-unsaturated/α-hetero) is 1. The van der Waals surface area contributed by atoms with Crippen LogP contribution < -0.4 is 0 Å². The van der Waals surface area contributed by atoms with Crippen LogP contribution in [0.3, 0.4) is 0 Å². The van der Waals surface area contributed by atoms with E-state index >= 15 is 0 Å². The molecule has 0 spiro atoms. The monoisotopic (exact) mass is 395 g/mol. The summed E-state index contributed by atoms with van der Waals surface area (Å²) in [4.78, 5) is 33.7. The number of ketones is 1. The van der Waals surface area contributed by atoms with Gasteiger partial charge in [-0.2, -0.15) is 0 Å². The normalized spacial score (nSPS) is 18.3. The molecule has 1 aromatic carbocycles. The van der Waals surface area contributed by atoms with Gasteiger partial charge in [-0.1, -0.05) is 37.5 Å². The van der Waals surface area contributed by atoms with Crippen molar-refractivity contribution < 1.29 is 9.59 Å². The minimum atomic E-state index is -0.276. The van der Waals surface area contributed by atoms with Gasteiger partial charge in [0.2, 0.25) is 5.78 Å². The summed E-state index contributed by atoms with van der Waals surface area (Å²) in [5.74, 6) is -0.551. The standard InChI is InChI=1S/C24H33N3O2/c28-23(17-19-18-25-22-12-5-4-11-21(19)22)24(29)27(20-9-2-1-3-10-20)16-8-15-26-13-6-7-14-26/h4-5,11-12,18,20,25H,1-3,6-10,13-17H2. The van der Waals surface area contributed by atoms with Crippen LogP contribution in [0.4, 0.5) is 0 Å². The van der Waals surface area contributed by atoms with E-state index in [1.165, 1.54) is 32.4 Å². The Balaban J connectivity index is 1.41. The van der Waals surface area contributed by atoms with Crippen molar-refractivity contribution in [1.82, 2.24) is 14.8 Å². The van der Waals surface area contributed by atoms with Crippen LogP contribution in [0.2, 0.25) is 0 Å². The van der Waals surface area contributed by atoms with E-state index in [0.29, 0.717) is 6.54 Å². The molecule has 2 heterocycles. The van der Waals surface area contributed by atoms with E-state index in [1.807, 2.05) is 35.4 Å². The maximum atomic E-state index is 13.2. The Kier molecular flexibility index (Phi) is 6.65. The summed E-state index contributed by atoms with van der Waals surface area (Å²) in [6, 6.07) is 8.19. The quantitative estimate of drug-likeness (QED) is 0.689. The van der Waals surface area contributed by atoms with Crippen LogP contribution in [-0.2, 0) is 16.0 Å². The molecule has 1 saturated heterocycles. The van der Waals surface area contributed by atoms with E-state index < -0.39 is 0 Å². The van der Waals surface area contributed by atoms with E-state index in [1.54, 1.807) is 0 Å². The Bertz CT molecular complexity index is 832. The molecule has 1 aromatic heterocycles. The van der Waals surface area contributed by atoms with E-state index in [9.17, 15) is 9.59 Å². The third kappa shape index (κ3) is 4.89. The van der Waals surface area contributed by atoms with Crippen LogP contribution in [0.25, 0.3) is 10.9 Å². The molecule has 4 rings (SSSR count). The molecule has 1 N–H and O–H groups in total. The van der Waals surface area contributed by atoms with Gasteiger partial charge in [0.1, 0.15) is 0 Å². The zero-order valence-electron chi connectivity index (χ0n) is 17.4. The third-order valence-corrected chi connectivity index (χ3v) is 6.61. The number of H-pyrrole nitrogens is 1. The van der Waals surface area contributed by atoms with Crippen molar-refractivity contribution in [3.63, 3.8) is 0 Å². The average Bonchev–Trinajstić information content (AvgIpc) is 3.42. The second-order valence-electron chi connectivity index (χ2n) is 8.65. The van der Waals surface area contributed by atoms with Gasteiger partial charge in [0.25, 0.3) is 5.91 Å². The van der Waals surface area contributed by atoms with Crippen LogP contribution in [0.5, 0.6) is 0 Å². The van der Waals surface area contributed by atoms with Crippen molar-refractivity contribution in [2.75, 3.05) is 26.2 Å². The first-order valence-electron chi connectivity index (χ1n) is 11.3. The van der Waals surface area contributed by atoms with Crippen molar-refractivity contribution >= 4 is 22.6 Å². The smallest absolute Gasteiger partial charge is 0.290 e. The van der Waals surface area contributed by atoms with Crippen LogP contribution in [0, 0.1) is 0 Å². The lowest BCUT2D eigenvalue weighted by molar-refractivity contribution is -0.146. The number of amides is 1. The zero-order chi connectivity index (χ0) is 20.1. The fraction of sp³-hybridized carbons (Fsp3) is 0.583. The lowest BCUT2D eigenvalue weighted by Gasteiger charge is -2.34. The van der Waals surface area contributed by atoms with E-state index in [4.69, 9.17) is 0 Å². The molecule has 0 radical (unpaired) electrons. The maximum absolute atomic E-state index is 13.2. The highest BCUT2D eigenvalue weighted by molar-refractivity contribution is 6.36. The predicted molar refractivity (Wildman–Crippen MR) is 116 cm³/mol. The number of aromatic nitrogens is 1. The molecule has 2 fully saturated rings. The summed E-state index contributed by atoms with van der Waals surface area (Å²) in [6.45, 7) is 4.10. The van der Waals surface area contributed by atoms with Gasteiger partial charge in [0.05, 0.1) is 0 Å². The first kappa shape index (κ1) is 20.1. The zero-order valence-corrected chi connectivity index (χ0v) is 17.4. The summed E-state index contributed by atoms with van der Waals surface area (Å²) in [5.41, 5.74) is 1.93. The van der Waals surface area contributed by atoms with Crippen molar-refractivity contribution in [2.24, 2.45) is 0 Å². The Morgan fingerprint density at radius 2 is 1.79 bits per heavy atom. The summed E-state index contributed by atoms with van der Waals surface area (Å²) >= 11 is 0. The SMILES string of the molecule is O=C(Cc1c[nH]c2ccccc12)C(=O)N(CCCN1CCCC1)C1CCCCC1. The lowest BCUT2D eigenvalue weighted by atomic mass is 9.93. The highest BCUT2D eigenvalue weighted by atomic mass is 16.2. The highest BCUT2D eigenvalue weighted by Crippen LogP contribution is 2.24. The molecule has 29 heavy (non-hydrogen) atoms. The largest absolute Gasteiger partial charge is 0.361 e. The molecular weight excluding hydrogens is 362 g/mol. The van der Waals surface area contributed by atoms with Gasteiger partial charge in [-0.15, -0.1) is 0 Å². The topological polar surface area (TPSA) is 56.4 Å². The number of benzene rings is 1. The molecule has 1 amide bonds. The van der Waals surface area contributed by atoms with Gasteiger partial charge in [0, 0.05) is 36.1 Å². The van der Waals surface area contributed by atoms with E-state index in [0.717, 1.165) is 55.1 Å². The van der Waals surface area contributed by atoms with E-state index in [-0.39, 0.29) is 24.2 Å². The van der Waals surface area contributed by atoms with Gasteiger partial charge in [-0.25, -0.2) is 0 Å². The minimum absolute atomic E-state index is 0.179. The fourth-order valence-corrected chi connectivity index (χ4v) is 5.00. The number of hydrogen-bond acceptors (Lipinski definition) is 3. The third-order valence-electron chi connectivity index (χ3n) is 6.61. The fourth-order valence-electron chi connectivity index (χ4n) is 5.00. The van der Waals surface area contributed by atoms with Crippen LogP contribution in [0.1, 0.15) is 56.9 Å². The van der Waals surface area contributed by atoms with Gasteiger partial charge in [-0.05, 0) is 63.4 Å². The lowest BCUT2D eigenvalue weighted by Crippen LogP contribution is -2.46.